The zero-order chi connectivity index (χ0) is 15.6. The van der Waals surface area contributed by atoms with Crippen molar-refractivity contribution in [3.05, 3.63) is 30.1 Å². The van der Waals surface area contributed by atoms with Crippen molar-refractivity contribution >= 4 is 21.7 Å². The predicted octanol–water partition coefficient (Wildman–Crippen LogP) is 2.24. The Hall–Kier alpha value is -1.63. The summed E-state index contributed by atoms with van der Waals surface area (Å²) in [7, 11) is -3.91. The predicted molar refractivity (Wildman–Crippen MR) is 77.1 cm³/mol. The Morgan fingerprint density at radius 3 is 2.62 bits per heavy atom. The van der Waals surface area contributed by atoms with Gasteiger partial charge in [-0.2, -0.15) is 0 Å². The van der Waals surface area contributed by atoms with Gasteiger partial charge in [0.25, 0.3) is 0 Å². The average Bonchev–Trinajstić information content (AvgIpc) is 2.91. The molecule has 0 aromatic heterocycles. The Morgan fingerprint density at radius 1 is 1.38 bits per heavy atom. The third kappa shape index (κ3) is 2.88. The lowest BCUT2D eigenvalue weighted by molar-refractivity contribution is -0.141. The Labute approximate surface area is 123 Å². The Balaban J connectivity index is 2.41. The molecule has 2 rings (SSSR count). The molecule has 1 saturated carbocycles. The summed E-state index contributed by atoms with van der Waals surface area (Å²) < 4.78 is 40.3. The fourth-order valence-corrected chi connectivity index (χ4v) is 5.11. The largest absolute Gasteiger partial charge is 0.481 e. The summed E-state index contributed by atoms with van der Waals surface area (Å²) in [4.78, 5) is 11.2. The van der Waals surface area contributed by atoms with E-state index in [4.69, 9.17) is 5.11 Å². The minimum atomic E-state index is -3.91. The van der Waals surface area contributed by atoms with Crippen LogP contribution in [0.4, 0.5) is 10.1 Å². The summed E-state index contributed by atoms with van der Waals surface area (Å²) in [6, 6.07) is 5.62. The zero-order valence-corrected chi connectivity index (χ0v) is 12.5. The van der Waals surface area contributed by atoms with E-state index in [-0.39, 0.29) is 12.2 Å². The van der Waals surface area contributed by atoms with Crippen LogP contribution in [-0.2, 0) is 14.8 Å². The molecule has 0 saturated heterocycles. The molecule has 1 aromatic carbocycles. The minimum absolute atomic E-state index is 0.0314. The summed E-state index contributed by atoms with van der Waals surface area (Å²) in [5.74, 6) is -2.66. The van der Waals surface area contributed by atoms with Crippen molar-refractivity contribution in [2.75, 3.05) is 10.8 Å². The highest BCUT2D eigenvalue weighted by molar-refractivity contribution is 7.93. The van der Waals surface area contributed by atoms with Crippen molar-refractivity contribution in [3.63, 3.8) is 0 Å². The quantitative estimate of drug-likeness (QED) is 0.904. The summed E-state index contributed by atoms with van der Waals surface area (Å²) in [6.07, 6.45) is 1.19. The summed E-state index contributed by atoms with van der Waals surface area (Å²) >= 11 is 0. The first-order valence-electron chi connectivity index (χ1n) is 6.88. The van der Waals surface area contributed by atoms with Crippen LogP contribution in [0.1, 0.15) is 26.2 Å². The van der Waals surface area contributed by atoms with Gasteiger partial charge in [-0.3, -0.25) is 9.10 Å². The molecule has 1 N–H and O–H groups in total. The Morgan fingerprint density at radius 2 is 2.05 bits per heavy atom. The minimum Gasteiger partial charge on any atom is -0.481 e. The average molecular weight is 315 g/mol. The maximum atomic E-state index is 13.9. The second-order valence-electron chi connectivity index (χ2n) is 5.08. The lowest BCUT2D eigenvalue weighted by atomic mass is 10.1. The van der Waals surface area contributed by atoms with Gasteiger partial charge in [-0.05, 0) is 31.9 Å². The number of carboxylic acids is 1. The van der Waals surface area contributed by atoms with Crippen LogP contribution >= 0.6 is 0 Å². The first kappa shape index (κ1) is 15.8. The number of anilines is 1. The molecule has 2 unspecified atom stereocenters. The maximum absolute atomic E-state index is 13.9. The first-order valence-corrected chi connectivity index (χ1v) is 8.38. The topological polar surface area (TPSA) is 74.7 Å². The van der Waals surface area contributed by atoms with Crippen molar-refractivity contribution < 1.29 is 22.7 Å². The molecular formula is C14H18FNO4S. The van der Waals surface area contributed by atoms with Gasteiger partial charge in [-0.25, -0.2) is 12.8 Å². The van der Waals surface area contributed by atoms with Crippen LogP contribution in [0, 0.1) is 11.7 Å². The number of rotatable bonds is 5. The molecule has 2 atom stereocenters. The fourth-order valence-electron chi connectivity index (χ4n) is 2.87. The molecule has 0 heterocycles. The molecule has 0 aliphatic heterocycles. The number of halogens is 1. The second kappa shape index (κ2) is 6.01. The molecule has 1 aliphatic rings. The number of carbonyl (C=O) groups is 1. The van der Waals surface area contributed by atoms with Crippen LogP contribution in [0.25, 0.3) is 0 Å². The van der Waals surface area contributed by atoms with Crippen molar-refractivity contribution in [2.24, 2.45) is 5.92 Å². The number of carboxylic acid groups (broad SMARTS) is 1. The standard InChI is InChI=1S/C14H18FNO4S/c1-2-16(12-8-4-3-7-11(12)15)21(19,20)13-9-5-6-10(13)14(17)18/h3-4,7-8,10,13H,2,5-6,9H2,1H3,(H,17,18). The van der Waals surface area contributed by atoms with Crippen molar-refractivity contribution in [1.82, 2.24) is 0 Å². The van der Waals surface area contributed by atoms with E-state index in [1.165, 1.54) is 18.2 Å². The SMILES string of the molecule is CCN(c1ccccc1F)S(=O)(=O)C1CCCC1C(=O)O. The molecule has 1 aliphatic carbocycles. The van der Waals surface area contributed by atoms with E-state index in [0.717, 1.165) is 4.31 Å². The van der Waals surface area contributed by atoms with Crippen molar-refractivity contribution in [3.8, 4) is 0 Å². The number of aliphatic carboxylic acids is 1. The Kier molecular flexibility index (Phi) is 4.51. The van der Waals surface area contributed by atoms with Crippen LogP contribution in [0.2, 0.25) is 0 Å². The molecule has 0 amide bonds. The monoisotopic (exact) mass is 315 g/mol. The summed E-state index contributed by atoms with van der Waals surface area (Å²) in [5.41, 5.74) is -0.0314. The molecule has 0 spiro atoms. The van der Waals surface area contributed by atoms with Gasteiger partial charge in [0.2, 0.25) is 10.0 Å². The van der Waals surface area contributed by atoms with E-state index in [1.54, 1.807) is 13.0 Å². The molecule has 21 heavy (non-hydrogen) atoms. The third-order valence-corrected chi connectivity index (χ3v) is 6.27. The second-order valence-corrected chi connectivity index (χ2v) is 7.15. The van der Waals surface area contributed by atoms with Gasteiger partial charge in [-0.1, -0.05) is 18.6 Å². The van der Waals surface area contributed by atoms with Gasteiger partial charge in [0, 0.05) is 6.54 Å². The zero-order valence-electron chi connectivity index (χ0n) is 11.7. The van der Waals surface area contributed by atoms with Gasteiger partial charge < -0.3 is 5.11 Å². The Bertz CT molecular complexity index is 632. The smallest absolute Gasteiger partial charge is 0.307 e. The number of para-hydroxylation sites is 1. The van der Waals surface area contributed by atoms with Crippen LogP contribution in [0.15, 0.2) is 24.3 Å². The summed E-state index contributed by atoms with van der Waals surface area (Å²) in [5, 5.41) is 8.18. The number of benzene rings is 1. The molecule has 116 valence electrons. The van der Waals surface area contributed by atoms with Gasteiger partial charge in [-0.15, -0.1) is 0 Å². The van der Waals surface area contributed by atoms with Gasteiger partial charge in [0.05, 0.1) is 16.9 Å². The van der Waals surface area contributed by atoms with E-state index >= 15 is 0 Å². The molecular weight excluding hydrogens is 297 g/mol. The van der Waals surface area contributed by atoms with Crippen molar-refractivity contribution in [2.45, 2.75) is 31.4 Å². The summed E-state index contributed by atoms with van der Waals surface area (Å²) in [6.45, 7) is 1.67. The van der Waals surface area contributed by atoms with E-state index in [0.29, 0.717) is 19.3 Å². The highest BCUT2D eigenvalue weighted by Crippen LogP contribution is 2.35. The van der Waals surface area contributed by atoms with Crippen LogP contribution in [0.5, 0.6) is 0 Å². The highest BCUT2D eigenvalue weighted by atomic mass is 32.2. The molecule has 5 nitrogen and oxygen atoms in total. The number of hydrogen-bond acceptors (Lipinski definition) is 3. The van der Waals surface area contributed by atoms with Crippen LogP contribution < -0.4 is 4.31 Å². The first-order chi connectivity index (χ1) is 9.89. The number of sulfonamides is 1. The normalized spacial score (nSPS) is 22.2. The third-order valence-electron chi connectivity index (χ3n) is 3.87. The lowest BCUT2D eigenvalue weighted by Gasteiger charge is -2.28. The van der Waals surface area contributed by atoms with Gasteiger partial charge in [0.15, 0.2) is 0 Å². The van der Waals surface area contributed by atoms with Crippen LogP contribution in [0.3, 0.4) is 0 Å². The van der Waals surface area contributed by atoms with Crippen LogP contribution in [-0.4, -0.2) is 31.3 Å². The van der Waals surface area contributed by atoms with Crippen molar-refractivity contribution in [1.29, 1.82) is 0 Å². The fraction of sp³-hybridized carbons (Fsp3) is 0.500. The number of hydrogen-bond donors (Lipinski definition) is 1. The van der Waals surface area contributed by atoms with E-state index in [2.05, 4.69) is 0 Å². The molecule has 7 heteroatoms. The number of nitrogens with zero attached hydrogens (tertiary/aromatic N) is 1. The molecule has 1 aromatic rings. The molecule has 0 bridgehead atoms. The van der Waals surface area contributed by atoms with E-state index < -0.39 is 33.0 Å². The lowest BCUT2D eigenvalue weighted by Crippen LogP contribution is -2.42. The maximum Gasteiger partial charge on any atom is 0.307 e. The van der Waals surface area contributed by atoms with E-state index in [9.17, 15) is 17.6 Å². The van der Waals surface area contributed by atoms with E-state index in [1.807, 2.05) is 0 Å². The molecule has 1 fully saturated rings. The highest BCUT2D eigenvalue weighted by Gasteiger charge is 2.44. The van der Waals surface area contributed by atoms with Gasteiger partial charge in [0.1, 0.15) is 5.82 Å². The van der Waals surface area contributed by atoms with Gasteiger partial charge >= 0.3 is 5.97 Å². The molecule has 0 radical (unpaired) electrons.